The number of ether oxygens (including phenoxy) is 2. The molecule has 0 unspecified atom stereocenters. The highest BCUT2D eigenvalue weighted by molar-refractivity contribution is 14.0. The number of aliphatic imine (C=N–C) groups is 1. The molecule has 0 heterocycles. The lowest BCUT2D eigenvalue weighted by Gasteiger charge is -2.20. The number of hydrogen-bond acceptors (Lipinski definition) is 4. The monoisotopic (exact) mass is 552 g/mol. The fraction of sp³-hybridized carbons (Fsp3) is 0.417. The number of halogens is 1. The number of rotatable bonds is 8. The molecule has 0 spiro atoms. The van der Waals surface area contributed by atoms with Gasteiger partial charge in [-0.15, -0.1) is 24.0 Å². The molecule has 3 rings (SSSR count). The molecule has 1 fully saturated rings. The van der Waals surface area contributed by atoms with Crippen LogP contribution >= 0.6 is 24.0 Å². The lowest BCUT2D eigenvalue weighted by atomic mass is 9.88. The first kappa shape index (κ1) is 25.8. The number of anilines is 1. The van der Waals surface area contributed by atoms with E-state index in [1.54, 1.807) is 14.2 Å². The van der Waals surface area contributed by atoms with Crippen LogP contribution in [-0.4, -0.2) is 26.1 Å². The molecule has 2 aromatic rings. The summed E-state index contributed by atoms with van der Waals surface area (Å²) in [5.74, 6) is 1.96. The van der Waals surface area contributed by atoms with Crippen molar-refractivity contribution in [3.8, 4) is 11.5 Å². The molecular weight excluding hydrogens is 519 g/mol. The smallest absolute Gasteiger partial charge is 0.227 e. The summed E-state index contributed by atoms with van der Waals surface area (Å²) in [4.78, 5) is 16.9. The second kappa shape index (κ2) is 13.1. The fourth-order valence-electron chi connectivity index (χ4n) is 3.77. The number of guanidine groups is 1. The van der Waals surface area contributed by atoms with Crippen molar-refractivity contribution in [1.82, 2.24) is 5.32 Å². The van der Waals surface area contributed by atoms with Crippen molar-refractivity contribution in [3.05, 3.63) is 53.6 Å². The van der Waals surface area contributed by atoms with Crippen LogP contribution in [-0.2, 0) is 17.9 Å². The molecule has 0 radical (unpaired) electrons. The Morgan fingerprint density at radius 2 is 1.78 bits per heavy atom. The third kappa shape index (κ3) is 7.58. The van der Waals surface area contributed by atoms with E-state index in [0.29, 0.717) is 30.5 Å². The number of amides is 1. The number of nitrogens with two attached hydrogens (primary N) is 1. The lowest BCUT2D eigenvalue weighted by Crippen LogP contribution is -2.31. The van der Waals surface area contributed by atoms with Gasteiger partial charge in [-0.25, -0.2) is 4.99 Å². The summed E-state index contributed by atoms with van der Waals surface area (Å²) in [6, 6.07) is 13.5. The SMILES string of the molecule is COc1ccc(CNC(N)=NCc2cccc(NC(=O)C3CCCCC3)c2)cc1OC.I. The molecule has 0 aliphatic heterocycles. The molecule has 174 valence electrons. The summed E-state index contributed by atoms with van der Waals surface area (Å²) in [7, 11) is 3.22. The average Bonchev–Trinajstić information content (AvgIpc) is 2.82. The first-order valence-corrected chi connectivity index (χ1v) is 10.7. The van der Waals surface area contributed by atoms with E-state index < -0.39 is 0 Å². The third-order valence-corrected chi connectivity index (χ3v) is 5.52. The van der Waals surface area contributed by atoms with E-state index in [1.807, 2.05) is 42.5 Å². The number of carbonyl (C=O) groups excluding carboxylic acids is 1. The molecule has 32 heavy (non-hydrogen) atoms. The Kier molecular flexibility index (Phi) is 10.6. The van der Waals surface area contributed by atoms with Crippen LogP contribution in [0.1, 0.15) is 43.2 Å². The Hall–Kier alpha value is -2.49. The van der Waals surface area contributed by atoms with Crippen molar-refractivity contribution < 1.29 is 14.3 Å². The summed E-state index contributed by atoms with van der Waals surface area (Å²) in [6.07, 6.45) is 5.49. The van der Waals surface area contributed by atoms with E-state index in [-0.39, 0.29) is 35.8 Å². The van der Waals surface area contributed by atoms with Crippen LogP contribution in [0.2, 0.25) is 0 Å². The minimum Gasteiger partial charge on any atom is -0.493 e. The van der Waals surface area contributed by atoms with Crippen LogP contribution in [0, 0.1) is 5.92 Å². The first-order chi connectivity index (χ1) is 15.1. The van der Waals surface area contributed by atoms with E-state index in [4.69, 9.17) is 15.2 Å². The third-order valence-electron chi connectivity index (χ3n) is 5.52. The molecule has 0 atom stereocenters. The number of benzene rings is 2. The topological polar surface area (TPSA) is 98.0 Å². The largest absolute Gasteiger partial charge is 0.493 e. The zero-order chi connectivity index (χ0) is 22.1. The maximum absolute atomic E-state index is 12.5. The predicted molar refractivity (Wildman–Crippen MR) is 139 cm³/mol. The highest BCUT2D eigenvalue weighted by atomic mass is 127. The standard InChI is InChI=1S/C24H32N4O3.HI/c1-30-21-12-11-18(14-22(21)31-2)16-27-24(25)26-15-17-7-6-10-20(13-17)28-23(29)19-8-4-3-5-9-19;/h6-7,10-14,19H,3-5,8-9,15-16H2,1-2H3,(H,28,29)(H3,25,26,27);1H. The van der Waals surface area contributed by atoms with Crippen molar-refractivity contribution in [2.45, 2.75) is 45.2 Å². The minimum atomic E-state index is 0. The minimum absolute atomic E-state index is 0. The summed E-state index contributed by atoms with van der Waals surface area (Å²) < 4.78 is 10.6. The summed E-state index contributed by atoms with van der Waals surface area (Å²) >= 11 is 0. The van der Waals surface area contributed by atoms with Crippen LogP contribution in [0.15, 0.2) is 47.5 Å². The van der Waals surface area contributed by atoms with Crippen LogP contribution < -0.4 is 25.8 Å². The Morgan fingerprint density at radius 1 is 1.03 bits per heavy atom. The van der Waals surface area contributed by atoms with Crippen molar-refractivity contribution in [2.75, 3.05) is 19.5 Å². The quantitative estimate of drug-likeness (QED) is 0.256. The van der Waals surface area contributed by atoms with Gasteiger partial charge in [-0.3, -0.25) is 4.79 Å². The van der Waals surface area contributed by atoms with Gasteiger partial charge in [0.15, 0.2) is 17.5 Å². The normalized spacial score (nSPS) is 14.2. The van der Waals surface area contributed by atoms with Crippen molar-refractivity contribution >= 4 is 41.5 Å². The predicted octanol–water partition coefficient (Wildman–Crippen LogP) is 4.45. The van der Waals surface area contributed by atoms with E-state index in [2.05, 4.69) is 15.6 Å². The molecule has 0 aromatic heterocycles. The van der Waals surface area contributed by atoms with Gasteiger partial charge in [0, 0.05) is 18.2 Å². The van der Waals surface area contributed by atoms with Crippen molar-refractivity contribution in [3.63, 3.8) is 0 Å². The van der Waals surface area contributed by atoms with E-state index in [0.717, 1.165) is 42.5 Å². The van der Waals surface area contributed by atoms with Gasteiger partial charge < -0.3 is 25.8 Å². The maximum Gasteiger partial charge on any atom is 0.227 e. The number of hydrogen-bond donors (Lipinski definition) is 3. The molecule has 0 saturated heterocycles. The highest BCUT2D eigenvalue weighted by Gasteiger charge is 2.21. The molecule has 7 nitrogen and oxygen atoms in total. The highest BCUT2D eigenvalue weighted by Crippen LogP contribution is 2.27. The molecule has 8 heteroatoms. The Balaban J connectivity index is 0.00000363. The van der Waals surface area contributed by atoms with Crippen LogP contribution in [0.4, 0.5) is 5.69 Å². The van der Waals surface area contributed by atoms with Crippen LogP contribution in [0.25, 0.3) is 0 Å². The van der Waals surface area contributed by atoms with Gasteiger partial charge in [0.1, 0.15) is 0 Å². The molecular formula is C24H33IN4O3. The zero-order valence-electron chi connectivity index (χ0n) is 18.7. The van der Waals surface area contributed by atoms with Gasteiger partial charge in [0.25, 0.3) is 0 Å². The van der Waals surface area contributed by atoms with Gasteiger partial charge in [-0.1, -0.05) is 37.5 Å². The van der Waals surface area contributed by atoms with Crippen molar-refractivity contribution in [1.29, 1.82) is 0 Å². The molecule has 1 aliphatic rings. The number of nitrogens with one attached hydrogen (secondary N) is 2. The summed E-state index contributed by atoms with van der Waals surface area (Å²) in [5.41, 5.74) is 8.82. The lowest BCUT2D eigenvalue weighted by molar-refractivity contribution is -0.120. The van der Waals surface area contributed by atoms with Crippen molar-refractivity contribution in [2.24, 2.45) is 16.6 Å². The fourth-order valence-corrected chi connectivity index (χ4v) is 3.77. The van der Waals surface area contributed by atoms with Crippen LogP contribution in [0.5, 0.6) is 11.5 Å². The van der Waals surface area contributed by atoms with E-state index in [1.165, 1.54) is 6.42 Å². The molecule has 1 saturated carbocycles. The van der Waals surface area contributed by atoms with Gasteiger partial charge in [0.05, 0.1) is 20.8 Å². The van der Waals surface area contributed by atoms with Gasteiger partial charge >= 0.3 is 0 Å². The van der Waals surface area contributed by atoms with Crippen LogP contribution in [0.3, 0.4) is 0 Å². The molecule has 4 N–H and O–H groups in total. The summed E-state index contributed by atoms with van der Waals surface area (Å²) in [5, 5.41) is 6.16. The number of carbonyl (C=O) groups is 1. The number of methoxy groups -OCH3 is 2. The zero-order valence-corrected chi connectivity index (χ0v) is 21.1. The Labute approximate surface area is 207 Å². The maximum atomic E-state index is 12.5. The Morgan fingerprint density at radius 3 is 2.50 bits per heavy atom. The Bertz CT molecular complexity index is 914. The van der Waals surface area contributed by atoms with Gasteiger partial charge in [-0.05, 0) is 48.2 Å². The molecule has 1 aliphatic carbocycles. The molecule has 0 bridgehead atoms. The van der Waals surface area contributed by atoms with Gasteiger partial charge in [-0.2, -0.15) is 0 Å². The average molecular weight is 552 g/mol. The van der Waals surface area contributed by atoms with Gasteiger partial charge in [0.2, 0.25) is 5.91 Å². The van der Waals surface area contributed by atoms with E-state index >= 15 is 0 Å². The van der Waals surface area contributed by atoms with E-state index in [9.17, 15) is 4.79 Å². The number of nitrogens with zero attached hydrogens (tertiary/aromatic N) is 1. The molecule has 1 amide bonds. The molecule has 2 aromatic carbocycles. The second-order valence-electron chi connectivity index (χ2n) is 7.77. The summed E-state index contributed by atoms with van der Waals surface area (Å²) in [6.45, 7) is 0.949. The second-order valence-corrected chi connectivity index (χ2v) is 7.77. The first-order valence-electron chi connectivity index (χ1n) is 10.7.